The van der Waals surface area contributed by atoms with Crippen LogP contribution in [-0.4, -0.2) is 5.91 Å². The molecule has 2 aromatic rings. The average molecular weight is 317 g/mol. The molecule has 20 heavy (non-hydrogen) atoms. The third kappa shape index (κ3) is 3.18. The number of rotatable bonds is 2. The van der Waals surface area contributed by atoms with Gasteiger partial charge in [0, 0.05) is 21.8 Å². The van der Waals surface area contributed by atoms with Crippen LogP contribution in [0.15, 0.2) is 30.3 Å². The van der Waals surface area contributed by atoms with Crippen LogP contribution < -0.4 is 11.1 Å². The van der Waals surface area contributed by atoms with Crippen LogP contribution in [0.4, 0.5) is 20.2 Å². The standard InChI is InChI=1S/C13H8Cl2F2N2O/c14-6-1-7(15)3-8(2-6)19-13(20)9-4-12(18)11(17)5-10(9)16/h1-5H,18H2,(H,19,20). The summed E-state index contributed by atoms with van der Waals surface area (Å²) >= 11 is 11.6. The lowest BCUT2D eigenvalue weighted by atomic mass is 10.1. The second-order valence-corrected chi connectivity index (χ2v) is 4.84. The molecule has 0 heterocycles. The topological polar surface area (TPSA) is 55.1 Å². The summed E-state index contributed by atoms with van der Waals surface area (Å²) in [5.74, 6) is -2.72. The van der Waals surface area contributed by atoms with Crippen molar-refractivity contribution in [2.75, 3.05) is 11.1 Å². The predicted molar refractivity (Wildman–Crippen MR) is 75.2 cm³/mol. The first-order valence-electron chi connectivity index (χ1n) is 5.39. The van der Waals surface area contributed by atoms with Crippen molar-refractivity contribution in [1.82, 2.24) is 0 Å². The molecule has 7 heteroatoms. The molecule has 0 aliphatic heterocycles. The van der Waals surface area contributed by atoms with Crippen molar-refractivity contribution < 1.29 is 13.6 Å². The minimum Gasteiger partial charge on any atom is -0.396 e. The first-order valence-corrected chi connectivity index (χ1v) is 6.14. The SMILES string of the molecule is Nc1cc(C(=O)Nc2cc(Cl)cc(Cl)c2)c(F)cc1F. The normalized spacial score (nSPS) is 10.4. The molecule has 2 rings (SSSR count). The van der Waals surface area contributed by atoms with Crippen LogP contribution in [0.5, 0.6) is 0 Å². The minimum atomic E-state index is -1.01. The zero-order valence-corrected chi connectivity index (χ0v) is 11.4. The van der Waals surface area contributed by atoms with Crippen LogP contribution in [0.3, 0.4) is 0 Å². The van der Waals surface area contributed by atoms with Crippen LogP contribution in [0.2, 0.25) is 10.0 Å². The highest BCUT2D eigenvalue weighted by atomic mass is 35.5. The van der Waals surface area contributed by atoms with Gasteiger partial charge < -0.3 is 11.1 Å². The Bertz CT molecular complexity index is 672. The summed E-state index contributed by atoms with van der Waals surface area (Å²) in [6.07, 6.45) is 0. The van der Waals surface area contributed by atoms with Gasteiger partial charge in [-0.3, -0.25) is 4.79 Å². The fraction of sp³-hybridized carbons (Fsp3) is 0. The van der Waals surface area contributed by atoms with Gasteiger partial charge in [0.05, 0.1) is 11.3 Å². The lowest BCUT2D eigenvalue weighted by Crippen LogP contribution is -2.14. The fourth-order valence-corrected chi connectivity index (χ4v) is 2.09. The Morgan fingerprint density at radius 3 is 2.20 bits per heavy atom. The molecule has 3 N–H and O–H groups in total. The van der Waals surface area contributed by atoms with Gasteiger partial charge in [0.15, 0.2) is 0 Å². The zero-order chi connectivity index (χ0) is 14.9. The van der Waals surface area contributed by atoms with E-state index in [0.717, 1.165) is 6.07 Å². The second-order valence-electron chi connectivity index (χ2n) is 3.97. The number of hydrogen-bond acceptors (Lipinski definition) is 2. The van der Waals surface area contributed by atoms with Crippen molar-refractivity contribution in [2.24, 2.45) is 0 Å². The summed E-state index contributed by atoms with van der Waals surface area (Å²) in [6, 6.07) is 5.84. The molecule has 0 aliphatic carbocycles. The summed E-state index contributed by atoms with van der Waals surface area (Å²) in [7, 11) is 0. The zero-order valence-electron chi connectivity index (χ0n) is 9.88. The van der Waals surface area contributed by atoms with Gasteiger partial charge in [0.1, 0.15) is 11.6 Å². The highest BCUT2D eigenvalue weighted by Gasteiger charge is 2.15. The van der Waals surface area contributed by atoms with Crippen LogP contribution in [-0.2, 0) is 0 Å². The molecule has 3 nitrogen and oxygen atoms in total. The predicted octanol–water partition coefficient (Wildman–Crippen LogP) is 4.11. The molecule has 0 fully saturated rings. The van der Waals surface area contributed by atoms with E-state index >= 15 is 0 Å². The average Bonchev–Trinajstić information content (AvgIpc) is 2.32. The van der Waals surface area contributed by atoms with Crippen molar-refractivity contribution in [1.29, 1.82) is 0 Å². The molecule has 0 atom stereocenters. The Labute approximate surface area is 123 Å². The number of benzene rings is 2. The number of nitrogen functional groups attached to an aromatic ring is 1. The number of anilines is 2. The summed E-state index contributed by atoms with van der Waals surface area (Å²) in [5, 5.41) is 3.03. The van der Waals surface area contributed by atoms with Crippen molar-refractivity contribution >= 4 is 40.5 Å². The van der Waals surface area contributed by atoms with Crippen LogP contribution >= 0.6 is 23.2 Å². The Balaban J connectivity index is 2.30. The lowest BCUT2D eigenvalue weighted by Gasteiger charge is -2.08. The fourth-order valence-electron chi connectivity index (χ4n) is 1.56. The Hall–Kier alpha value is -1.85. The maximum absolute atomic E-state index is 13.5. The maximum atomic E-state index is 13.5. The number of carbonyl (C=O) groups excluding carboxylic acids is 1. The van der Waals surface area contributed by atoms with E-state index in [-0.39, 0.29) is 16.9 Å². The van der Waals surface area contributed by atoms with E-state index in [1.807, 2.05) is 0 Å². The van der Waals surface area contributed by atoms with E-state index < -0.39 is 17.5 Å². The van der Waals surface area contributed by atoms with Crippen molar-refractivity contribution in [3.05, 3.63) is 57.6 Å². The van der Waals surface area contributed by atoms with Gasteiger partial charge in [-0.25, -0.2) is 8.78 Å². The van der Waals surface area contributed by atoms with E-state index in [2.05, 4.69) is 5.32 Å². The second kappa shape index (κ2) is 5.64. The first-order chi connectivity index (χ1) is 9.36. The van der Waals surface area contributed by atoms with Gasteiger partial charge in [-0.1, -0.05) is 23.2 Å². The van der Waals surface area contributed by atoms with Gasteiger partial charge in [-0.15, -0.1) is 0 Å². The van der Waals surface area contributed by atoms with Gasteiger partial charge in [-0.2, -0.15) is 0 Å². The van der Waals surface area contributed by atoms with E-state index in [4.69, 9.17) is 28.9 Å². The molecule has 0 unspecified atom stereocenters. The van der Waals surface area contributed by atoms with Gasteiger partial charge >= 0.3 is 0 Å². The molecule has 0 spiro atoms. The van der Waals surface area contributed by atoms with E-state index in [1.54, 1.807) is 0 Å². The number of carbonyl (C=O) groups is 1. The number of amides is 1. The van der Waals surface area contributed by atoms with Gasteiger partial charge in [0.2, 0.25) is 0 Å². The molecule has 104 valence electrons. The summed E-state index contributed by atoms with van der Waals surface area (Å²) in [4.78, 5) is 11.9. The van der Waals surface area contributed by atoms with Gasteiger partial charge in [0.25, 0.3) is 5.91 Å². The molecule has 0 saturated carbocycles. The van der Waals surface area contributed by atoms with Crippen molar-refractivity contribution in [3.8, 4) is 0 Å². The smallest absolute Gasteiger partial charge is 0.258 e. The Morgan fingerprint density at radius 2 is 1.60 bits per heavy atom. The monoisotopic (exact) mass is 316 g/mol. The lowest BCUT2D eigenvalue weighted by molar-refractivity contribution is 0.102. The number of nitrogens with two attached hydrogens (primary N) is 1. The Kier molecular flexibility index (Phi) is 4.11. The molecule has 0 saturated heterocycles. The number of hydrogen-bond donors (Lipinski definition) is 2. The molecule has 0 radical (unpaired) electrons. The Morgan fingerprint density at radius 1 is 1.00 bits per heavy atom. The highest BCUT2D eigenvalue weighted by molar-refractivity contribution is 6.35. The van der Waals surface area contributed by atoms with Crippen LogP contribution in [0, 0.1) is 11.6 Å². The maximum Gasteiger partial charge on any atom is 0.258 e. The highest BCUT2D eigenvalue weighted by Crippen LogP contribution is 2.24. The van der Waals surface area contributed by atoms with Gasteiger partial charge in [-0.05, 0) is 24.3 Å². The molecule has 0 aliphatic rings. The number of halogens is 4. The molecular formula is C13H8Cl2F2N2O. The first kappa shape index (κ1) is 14.6. The van der Waals surface area contributed by atoms with E-state index in [9.17, 15) is 13.6 Å². The molecule has 1 amide bonds. The van der Waals surface area contributed by atoms with Crippen LogP contribution in [0.25, 0.3) is 0 Å². The van der Waals surface area contributed by atoms with E-state index in [0.29, 0.717) is 16.1 Å². The summed E-state index contributed by atoms with van der Waals surface area (Å²) in [6.45, 7) is 0. The number of nitrogens with one attached hydrogen (secondary N) is 1. The summed E-state index contributed by atoms with van der Waals surface area (Å²) in [5.41, 5.74) is 4.90. The minimum absolute atomic E-state index is 0.287. The van der Waals surface area contributed by atoms with Crippen molar-refractivity contribution in [2.45, 2.75) is 0 Å². The largest absolute Gasteiger partial charge is 0.396 e. The van der Waals surface area contributed by atoms with Crippen molar-refractivity contribution in [3.63, 3.8) is 0 Å². The third-order valence-corrected chi connectivity index (χ3v) is 2.89. The molecular weight excluding hydrogens is 309 g/mol. The molecule has 2 aromatic carbocycles. The summed E-state index contributed by atoms with van der Waals surface area (Å²) < 4.78 is 26.6. The third-order valence-electron chi connectivity index (χ3n) is 2.45. The molecule has 0 bridgehead atoms. The molecule has 0 aromatic heterocycles. The quantitative estimate of drug-likeness (QED) is 0.819. The van der Waals surface area contributed by atoms with E-state index in [1.165, 1.54) is 18.2 Å². The van der Waals surface area contributed by atoms with Crippen LogP contribution in [0.1, 0.15) is 10.4 Å².